The first kappa shape index (κ1) is 15.9. The molecule has 0 saturated heterocycles. The number of aromatic nitrogens is 3. The zero-order valence-electron chi connectivity index (χ0n) is 13.5. The summed E-state index contributed by atoms with van der Waals surface area (Å²) in [7, 11) is 3.91. The lowest BCUT2D eigenvalue weighted by atomic mass is 10.1. The van der Waals surface area contributed by atoms with Gasteiger partial charge in [0, 0.05) is 31.0 Å². The molecule has 0 aliphatic carbocycles. The molecule has 0 aliphatic heterocycles. The largest absolute Gasteiger partial charge is 0.388 e. The zero-order chi connectivity index (χ0) is 15.6. The Hall–Kier alpha value is -1.50. The number of rotatable bonds is 6. The van der Waals surface area contributed by atoms with Crippen molar-refractivity contribution in [2.75, 3.05) is 27.2 Å². The quantitative estimate of drug-likeness (QED) is 0.822. The molecule has 1 atom stereocenters. The van der Waals surface area contributed by atoms with Gasteiger partial charge in [-0.25, -0.2) is 9.97 Å². The molecular formula is C15H25N5O. The first-order valence-electron chi connectivity index (χ1n) is 7.17. The van der Waals surface area contributed by atoms with E-state index in [1.807, 2.05) is 49.5 Å². The Morgan fingerprint density at radius 1 is 1.38 bits per heavy atom. The Bertz CT molecular complexity index is 618. The molecule has 0 aliphatic rings. The molecule has 2 heterocycles. The van der Waals surface area contributed by atoms with Crippen molar-refractivity contribution >= 4 is 5.78 Å². The topological polar surface area (TPSA) is 65.7 Å². The van der Waals surface area contributed by atoms with Crippen molar-refractivity contribution in [3.63, 3.8) is 0 Å². The third-order valence-corrected chi connectivity index (χ3v) is 3.33. The van der Waals surface area contributed by atoms with Crippen LogP contribution in [-0.2, 0) is 6.54 Å². The minimum atomic E-state index is -0.756. The van der Waals surface area contributed by atoms with Gasteiger partial charge in [-0.2, -0.15) is 0 Å². The van der Waals surface area contributed by atoms with E-state index in [1.54, 1.807) is 0 Å². The zero-order valence-corrected chi connectivity index (χ0v) is 13.5. The van der Waals surface area contributed by atoms with E-state index in [1.165, 1.54) is 0 Å². The Morgan fingerprint density at radius 2 is 2.10 bits per heavy atom. The first-order valence-corrected chi connectivity index (χ1v) is 7.17. The van der Waals surface area contributed by atoms with Gasteiger partial charge >= 0.3 is 0 Å². The predicted molar refractivity (Wildman–Crippen MR) is 83.3 cm³/mol. The van der Waals surface area contributed by atoms with Gasteiger partial charge in [-0.05, 0) is 40.9 Å². The number of aliphatic hydroxyl groups is 1. The molecule has 2 rings (SSSR count). The smallest absolute Gasteiger partial charge is 0.234 e. The average molecular weight is 291 g/mol. The fourth-order valence-corrected chi connectivity index (χ4v) is 2.72. The van der Waals surface area contributed by atoms with Crippen LogP contribution in [0.4, 0.5) is 0 Å². The lowest BCUT2D eigenvalue weighted by Gasteiger charge is -2.27. The van der Waals surface area contributed by atoms with Crippen LogP contribution in [0.3, 0.4) is 0 Å². The van der Waals surface area contributed by atoms with Crippen LogP contribution < -0.4 is 5.32 Å². The molecule has 116 valence electrons. The van der Waals surface area contributed by atoms with Crippen molar-refractivity contribution in [2.24, 2.45) is 0 Å². The monoisotopic (exact) mass is 291 g/mol. The molecule has 0 saturated carbocycles. The molecule has 0 bridgehead atoms. The summed E-state index contributed by atoms with van der Waals surface area (Å²) in [6, 6.07) is 2.04. The molecule has 6 heteroatoms. The molecular weight excluding hydrogens is 266 g/mol. The number of hydrogen-bond donors (Lipinski definition) is 2. The van der Waals surface area contributed by atoms with Crippen LogP contribution in [0, 0.1) is 13.8 Å². The average Bonchev–Trinajstić information content (AvgIpc) is 2.70. The van der Waals surface area contributed by atoms with Gasteiger partial charge in [0.25, 0.3) is 0 Å². The van der Waals surface area contributed by atoms with Gasteiger partial charge in [0.15, 0.2) is 0 Å². The molecule has 2 aromatic rings. The SMILES string of the molecule is Cc1cc(C)n2c(CNCC(C)(O)CN(C)C)cnc2n1. The van der Waals surface area contributed by atoms with Crippen LogP contribution in [0.25, 0.3) is 5.78 Å². The van der Waals surface area contributed by atoms with E-state index in [9.17, 15) is 5.11 Å². The van der Waals surface area contributed by atoms with Gasteiger partial charge in [-0.3, -0.25) is 4.40 Å². The van der Waals surface area contributed by atoms with Crippen molar-refractivity contribution in [3.8, 4) is 0 Å². The van der Waals surface area contributed by atoms with Crippen molar-refractivity contribution in [1.82, 2.24) is 24.6 Å². The van der Waals surface area contributed by atoms with E-state index in [-0.39, 0.29) is 0 Å². The number of imidazole rings is 1. The molecule has 6 nitrogen and oxygen atoms in total. The van der Waals surface area contributed by atoms with E-state index in [0.29, 0.717) is 19.6 Å². The van der Waals surface area contributed by atoms with Gasteiger partial charge in [-0.1, -0.05) is 0 Å². The molecule has 2 N–H and O–H groups in total. The second-order valence-electron chi connectivity index (χ2n) is 6.26. The number of likely N-dealkylation sites (N-methyl/N-ethyl adjacent to an activating group) is 1. The normalized spacial score (nSPS) is 14.8. The predicted octanol–water partition coefficient (Wildman–Crippen LogP) is 0.748. The summed E-state index contributed by atoms with van der Waals surface area (Å²) >= 11 is 0. The molecule has 0 spiro atoms. The molecule has 0 radical (unpaired) electrons. The third-order valence-electron chi connectivity index (χ3n) is 3.33. The summed E-state index contributed by atoms with van der Waals surface area (Å²) in [6.07, 6.45) is 1.84. The summed E-state index contributed by atoms with van der Waals surface area (Å²) < 4.78 is 2.04. The number of nitrogens with one attached hydrogen (secondary N) is 1. The van der Waals surface area contributed by atoms with Gasteiger partial charge < -0.3 is 15.3 Å². The van der Waals surface area contributed by atoms with E-state index in [2.05, 4.69) is 22.2 Å². The molecule has 21 heavy (non-hydrogen) atoms. The number of aryl methyl sites for hydroxylation is 2. The molecule has 0 aromatic carbocycles. The lowest BCUT2D eigenvalue weighted by molar-refractivity contribution is 0.0335. The highest BCUT2D eigenvalue weighted by Gasteiger charge is 2.20. The second kappa shape index (κ2) is 6.09. The van der Waals surface area contributed by atoms with Gasteiger partial charge in [0.05, 0.1) is 17.5 Å². The number of fused-ring (bicyclic) bond motifs is 1. The number of nitrogens with zero attached hydrogens (tertiary/aromatic N) is 4. The lowest BCUT2D eigenvalue weighted by Crippen LogP contribution is -2.45. The highest BCUT2D eigenvalue weighted by molar-refractivity contribution is 5.35. The Morgan fingerprint density at radius 3 is 2.76 bits per heavy atom. The highest BCUT2D eigenvalue weighted by atomic mass is 16.3. The fourth-order valence-electron chi connectivity index (χ4n) is 2.72. The molecule has 0 amide bonds. The minimum Gasteiger partial charge on any atom is -0.388 e. The maximum atomic E-state index is 10.3. The summed E-state index contributed by atoms with van der Waals surface area (Å²) in [5.41, 5.74) is 2.38. The Labute approximate surface area is 125 Å². The van der Waals surface area contributed by atoms with Gasteiger partial charge in [-0.15, -0.1) is 0 Å². The Balaban J connectivity index is 2.05. The van der Waals surface area contributed by atoms with Crippen LogP contribution in [0.5, 0.6) is 0 Å². The summed E-state index contributed by atoms with van der Waals surface area (Å²) in [5, 5.41) is 13.6. The second-order valence-corrected chi connectivity index (χ2v) is 6.26. The summed E-state index contributed by atoms with van der Waals surface area (Å²) in [4.78, 5) is 10.7. The van der Waals surface area contributed by atoms with Crippen molar-refractivity contribution in [3.05, 3.63) is 29.3 Å². The van der Waals surface area contributed by atoms with Gasteiger partial charge in [0.2, 0.25) is 5.78 Å². The van der Waals surface area contributed by atoms with Crippen molar-refractivity contribution in [2.45, 2.75) is 32.9 Å². The number of hydrogen-bond acceptors (Lipinski definition) is 5. The Kier molecular flexibility index (Phi) is 4.61. The van der Waals surface area contributed by atoms with Crippen LogP contribution in [0.15, 0.2) is 12.3 Å². The minimum absolute atomic E-state index is 0.525. The molecule has 2 aromatic heterocycles. The van der Waals surface area contributed by atoms with E-state index < -0.39 is 5.60 Å². The van der Waals surface area contributed by atoms with Crippen LogP contribution in [-0.4, -0.2) is 57.2 Å². The summed E-state index contributed by atoms with van der Waals surface area (Å²) in [5.74, 6) is 0.726. The fraction of sp³-hybridized carbons (Fsp3) is 0.600. The molecule has 0 fully saturated rings. The van der Waals surface area contributed by atoms with E-state index in [4.69, 9.17) is 0 Å². The summed E-state index contributed by atoms with van der Waals surface area (Å²) in [6.45, 7) is 7.65. The van der Waals surface area contributed by atoms with Crippen molar-refractivity contribution in [1.29, 1.82) is 0 Å². The van der Waals surface area contributed by atoms with E-state index >= 15 is 0 Å². The maximum Gasteiger partial charge on any atom is 0.234 e. The van der Waals surface area contributed by atoms with Crippen LogP contribution in [0.1, 0.15) is 24.0 Å². The highest BCUT2D eigenvalue weighted by Crippen LogP contribution is 2.10. The third kappa shape index (κ3) is 4.00. The van der Waals surface area contributed by atoms with Crippen LogP contribution >= 0.6 is 0 Å². The first-order chi connectivity index (χ1) is 9.78. The van der Waals surface area contributed by atoms with Gasteiger partial charge in [0.1, 0.15) is 0 Å². The molecule has 1 unspecified atom stereocenters. The van der Waals surface area contributed by atoms with Crippen molar-refractivity contribution < 1.29 is 5.11 Å². The van der Waals surface area contributed by atoms with E-state index in [0.717, 1.165) is 22.9 Å². The van der Waals surface area contributed by atoms with Crippen LogP contribution in [0.2, 0.25) is 0 Å². The maximum absolute atomic E-state index is 10.3. The standard InChI is InChI=1S/C15H25N5O/c1-11-6-12(2)20-13(8-17-14(20)18-11)7-16-9-15(3,21)10-19(4)5/h6,8,16,21H,7,9-10H2,1-5H3.